The molecule has 66 valence electrons. The van der Waals surface area contributed by atoms with Crippen LogP contribution < -0.4 is 0 Å². The number of aryl methyl sites for hydroxylation is 2. The van der Waals surface area contributed by atoms with Crippen molar-refractivity contribution in [2.24, 2.45) is 0 Å². The Hall–Kier alpha value is -1.37. The summed E-state index contributed by atoms with van der Waals surface area (Å²) in [5.41, 5.74) is 2.37. The second-order valence-electron chi connectivity index (χ2n) is 3.34. The maximum atomic E-state index is 13.3. The van der Waals surface area contributed by atoms with Crippen LogP contribution in [0.2, 0.25) is 0 Å². The molecule has 0 spiro atoms. The van der Waals surface area contributed by atoms with Crippen molar-refractivity contribution < 1.29 is 4.39 Å². The summed E-state index contributed by atoms with van der Waals surface area (Å²) in [7, 11) is 0. The lowest BCUT2D eigenvalue weighted by atomic mass is 10.0. The highest BCUT2D eigenvalue weighted by molar-refractivity contribution is 5.86. The highest BCUT2D eigenvalue weighted by atomic mass is 19.1. The number of hydrogen-bond donors (Lipinski definition) is 0. The number of hydrogen-bond acceptors (Lipinski definition) is 0. The van der Waals surface area contributed by atoms with Gasteiger partial charge in [-0.05, 0) is 36.4 Å². The first-order valence-corrected chi connectivity index (χ1v) is 4.34. The number of fused-ring (bicyclic) bond motifs is 1. The minimum Gasteiger partial charge on any atom is -0.206 e. The zero-order chi connectivity index (χ0) is 9.42. The van der Waals surface area contributed by atoms with Crippen LogP contribution in [0.3, 0.4) is 0 Å². The number of benzene rings is 2. The Kier molecular flexibility index (Phi) is 1.80. The van der Waals surface area contributed by atoms with Gasteiger partial charge in [0.15, 0.2) is 0 Å². The predicted octanol–water partition coefficient (Wildman–Crippen LogP) is 3.60. The van der Waals surface area contributed by atoms with E-state index in [1.54, 1.807) is 6.07 Å². The van der Waals surface area contributed by atoms with E-state index in [0.29, 0.717) is 5.39 Å². The van der Waals surface area contributed by atoms with E-state index >= 15 is 0 Å². The summed E-state index contributed by atoms with van der Waals surface area (Å²) in [6.45, 7) is 4.07. The summed E-state index contributed by atoms with van der Waals surface area (Å²) in [5.74, 6) is -0.138. The smallest absolute Gasteiger partial charge is 0.131 e. The van der Waals surface area contributed by atoms with Crippen molar-refractivity contribution in [1.82, 2.24) is 0 Å². The van der Waals surface area contributed by atoms with E-state index in [4.69, 9.17) is 0 Å². The largest absolute Gasteiger partial charge is 0.206 e. The molecule has 0 aromatic heterocycles. The van der Waals surface area contributed by atoms with Crippen molar-refractivity contribution in [3.8, 4) is 0 Å². The normalized spacial score (nSPS) is 10.7. The van der Waals surface area contributed by atoms with Gasteiger partial charge in [0.05, 0.1) is 0 Å². The van der Waals surface area contributed by atoms with Gasteiger partial charge in [0.2, 0.25) is 0 Å². The van der Waals surface area contributed by atoms with Crippen LogP contribution in [0.15, 0.2) is 30.3 Å². The summed E-state index contributed by atoms with van der Waals surface area (Å²) in [6, 6.07) is 9.01. The fraction of sp³-hybridized carbons (Fsp3) is 0.167. The highest BCUT2D eigenvalue weighted by Crippen LogP contribution is 2.23. The van der Waals surface area contributed by atoms with Gasteiger partial charge in [0.25, 0.3) is 0 Å². The maximum absolute atomic E-state index is 13.3. The van der Waals surface area contributed by atoms with Crippen molar-refractivity contribution in [3.63, 3.8) is 0 Å². The first-order valence-electron chi connectivity index (χ1n) is 4.34. The van der Waals surface area contributed by atoms with E-state index in [0.717, 1.165) is 10.9 Å². The van der Waals surface area contributed by atoms with Crippen LogP contribution in [0.25, 0.3) is 10.8 Å². The zero-order valence-corrected chi connectivity index (χ0v) is 7.76. The van der Waals surface area contributed by atoms with Gasteiger partial charge in [-0.1, -0.05) is 24.3 Å². The Labute approximate surface area is 77.0 Å². The molecule has 0 amide bonds. The second kappa shape index (κ2) is 2.84. The molecule has 2 aromatic carbocycles. The van der Waals surface area contributed by atoms with Gasteiger partial charge >= 0.3 is 0 Å². The number of rotatable bonds is 0. The van der Waals surface area contributed by atoms with Crippen LogP contribution >= 0.6 is 0 Å². The van der Waals surface area contributed by atoms with E-state index in [1.807, 2.05) is 32.0 Å². The monoisotopic (exact) mass is 174 g/mol. The molecule has 0 radical (unpaired) electrons. The van der Waals surface area contributed by atoms with Crippen LogP contribution in [0.1, 0.15) is 11.1 Å². The quantitative estimate of drug-likeness (QED) is 0.572. The average Bonchev–Trinajstić information content (AvgIpc) is 2.12. The molecule has 0 heterocycles. The van der Waals surface area contributed by atoms with Crippen molar-refractivity contribution in [2.75, 3.05) is 0 Å². The zero-order valence-electron chi connectivity index (χ0n) is 7.76. The van der Waals surface area contributed by atoms with Gasteiger partial charge < -0.3 is 0 Å². The molecular formula is C12H11F. The summed E-state index contributed by atoms with van der Waals surface area (Å²) >= 11 is 0. The molecule has 0 atom stereocenters. The van der Waals surface area contributed by atoms with Gasteiger partial charge in [-0.2, -0.15) is 0 Å². The van der Waals surface area contributed by atoms with Crippen LogP contribution in [0.5, 0.6) is 0 Å². The lowest BCUT2D eigenvalue weighted by molar-refractivity contribution is 0.640. The molecule has 0 aliphatic heterocycles. The summed E-state index contributed by atoms with van der Waals surface area (Å²) in [5, 5.41) is 1.73. The molecule has 1 heteroatoms. The van der Waals surface area contributed by atoms with Gasteiger partial charge in [-0.15, -0.1) is 0 Å². The predicted molar refractivity (Wildman–Crippen MR) is 53.4 cm³/mol. The van der Waals surface area contributed by atoms with Crippen LogP contribution in [0.4, 0.5) is 4.39 Å². The molecule has 0 saturated carbocycles. The third-order valence-corrected chi connectivity index (χ3v) is 2.55. The first-order chi connectivity index (χ1) is 6.20. The maximum Gasteiger partial charge on any atom is 0.131 e. The summed E-state index contributed by atoms with van der Waals surface area (Å²) in [4.78, 5) is 0. The lowest BCUT2D eigenvalue weighted by Crippen LogP contribution is -1.85. The molecule has 0 nitrogen and oxygen atoms in total. The minimum atomic E-state index is -0.138. The van der Waals surface area contributed by atoms with E-state index in [1.165, 1.54) is 11.6 Å². The fourth-order valence-electron chi connectivity index (χ4n) is 1.58. The van der Waals surface area contributed by atoms with Crippen molar-refractivity contribution in [2.45, 2.75) is 13.8 Å². The average molecular weight is 174 g/mol. The Morgan fingerprint density at radius 2 is 1.69 bits per heavy atom. The number of halogens is 1. The topological polar surface area (TPSA) is 0 Å². The SMILES string of the molecule is Cc1ccc2c(F)cccc2c1C. The van der Waals surface area contributed by atoms with E-state index in [-0.39, 0.29) is 5.82 Å². The van der Waals surface area contributed by atoms with Crippen LogP contribution in [-0.4, -0.2) is 0 Å². The Bertz CT molecular complexity index is 458. The fourth-order valence-corrected chi connectivity index (χ4v) is 1.58. The van der Waals surface area contributed by atoms with Crippen molar-refractivity contribution in [3.05, 3.63) is 47.3 Å². The molecule has 0 bridgehead atoms. The van der Waals surface area contributed by atoms with Gasteiger partial charge in [-0.3, -0.25) is 0 Å². The van der Waals surface area contributed by atoms with Gasteiger partial charge in [0, 0.05) is 5.39 Å². The molecular weight excluding hydrogens is 163 g/mol. The molecule has 0 aliphatic carbocycles. The summed E-state index contributed by atoms with van der Waals surface area (Å²) in [6.07, 6.45) is 0. The first kappa shape index (κ1) is 8.24. The van der Waals surface area contributed by atoms with Crippen LogP contribution in [0, 0.1) is 19.7 Å². The molecule has 13 heavy (non-hydrogen) atoms. The van der Waals surface area contributed by atoms with Crippen LogP contribution in [-0.2, 0) is 0 Å². The van der Waals surface area contributed by atoms with E-state index in [9.17, 15) is 4.39 Å². The summed E-state index contributed by atoms with van der Waals surface area (Å²) < 4.78 is 13.3. The second-order valence-corrected chi connectivity index (χ2v) is 3.34. The molecule has 0 N–H and O–H groups in total. The Morgan fingerprint density at radius 3 is 2.46 bits per heavy atom. The third-order valence-electron chi connectivity index (χ3n) is 2.55. The minimum absolute atomic E-state index is 0.138. The molecule has 0 saturated heterocycles. The van der Waals surface area contributed by atoms with E-state index in [2.05, 4.69) is 0 Å². The standard InChI is InChI=1S/C12H11F/c1-8-6-7-11-10(9(8)2)4-3-5-12(11)13/h3-7H,1-2H3. The Morgan fingerprint density at radius 1 is 0.923 bits per heavy atom. The van der Waals surface area contributed by atoms with Gasteiger partial charge in [-0.25, -0.2) is 4.39 Å². The lowest BCUT2D eigenvalue weighted by Gasteiger charge is -2.05. The molecule has 2 rings (SSSR count). The molecule has 0 aliphatic rings. The van der Waals surface area contributed by atoms with Crippen molar-refractivity contribution >= 4 is 10.8 Å². The highest BCUT2D eigenvalue weighted by Gasteiger charge is 2.02. The van der Waals surface area contributed by atoms with E-state index < -0.39 is 0 Å². The Balaban J connectivity index is 2.94. The molecule has 2 aromatic rings. The third kappa shape index (κ3) is 1.21. The van der Waals surface area contributed by atoms with Gasteiger partial charge in [0.1, 0.15) is 5.82 Å². The van der Waals surface area contributed by atoms with Crippen molar-refractivity contribution in [1.29, 1.82) is 0 Å². The molecule has 0 fully saturated rings. The molecule has 0 unspecified atom stereocenters.